The lowest BCUT2D eigenvalue weighted by Gasteiger charge is -2.00. The second-order valence-corrected chi connectivity index (χ2v) is 3.91. The number of anilines is 1. The van der Waals surface area contributed by atoms with Crippen LogP contribution in [-0.2, 0) is 0 Å². The summed E-state index contributed by atoms with van der Waals surface area (Å²) >= 11 is 9.14. The van der Waals surface area contributed by atoms with Gasteiger partial charge in [-0.1, -0.05) is 11.6 Å². The van der Waals surface area contributed by atoms with Crippen molar-refractivity contribution in [2.75, 3.05) is 5.73 Å². The van der Waals surface area contributed by atoms with Gasteiger partial charge in [0.15, 0.2) is 5.95 Å². The van der Waals surface area contributed by atoms with Crippen LogP contribution in [0.3, 0.4) is 0 Å². The molecule has 6 heteroatoms. The molecule has 0 aliphatic carbocycles. The highest BCUT2D eigenvalue weighted by molar-refractivity contribution is 9.10. The largest absolute Gasteiger partial charge is 0.369 e. The Hall–Kier alpha value is -1.07. The molecule has 14 heavy (non-hydrogen) atoms. The summed E-state index contributed by atoms with van der Waals surface area (Å²) < 4.78 is 0.838. The molecule has 0 aromatic carbocycles. The zero-order valence-electron chi connectivity index (χ0n) is 6.96. The van der Waals surface area contributed by atoms with Gasteiger partial charge in [-0.15, -0.1) is 0 Å². The number of halogens is 2. The number of rotatable bonds is 1. The lowest BCUT2D eigenvalue weighted by molar-refractivity contribution is 1.29. The van der Waals surface area contributed by atoms with Crippen molar-refractivity contribution in [1.29, 1.82) is 0 Å². The average Bonchev–Trinajstić information content (AvgIpc) is 2.56. The molecular weight excluding hydrogens is 267 g/mol. The monoisotopic (exact) mass is 272 g/mol. The summed E-state index contributed by atoms with van der Waals surface area (Å²) in [6.45, 7) is 0. The standard InChI is InChI=1S/C8H6BrClN4/c9-5-2-12-7(10)1-4(5)6-3-13-8(11)14-6/h1-3H,(H3,11,13,14). The number of aromatic nitrogens is 3. The van der Waals surface area contributed by atoms with Gasteiger partial charge in [0.25, 0.3) is 0 Å². The number of aromatic amines is 1. The molecule has 0 unspecified atom stereocenters. The Bertz CT molecular complexity index is 468. The van der Waals surface area contributed by atoms with Crippen LogP contribution in [0.1, 0.15) is 0 Å². The maximum Gasteiger partial charge on any atom is 0.197 e. The number of nitrogens with zero attached hydrogens (tertiary/aromatic N) is 2. The summed E-state index contributed by atoms with van der Waals surface area (Å²) in [5, 5.41) is 0.427. The number of nitrogen functional groups attached to an aromatic ring is 1. The van der Waals surface area contributed by atoms with Gasteiger partial charge >= 0.3 is 0 Å². The van der Waals surface area contributed by atoms with Gasteiger partial charge in [0.1, 0.15) is 5.15 Å². The first-order valence-corrected chi connectivity index (χ1v) is 4.96. The van der Waals surface area contributed by atoms with E-state index in [9.17, 15) is 0 Å². The highest BCUT2D eigenvalue weighted by Gasteiger charge is 2.06. The van der Waals surface area contributed by atoms with Crippen LogP contribution in [0.5, 0.6) is 0 Å². The summed E-state index contributed by atoms with van der Waals surface area (Å²) in [6.07, 6.45) is 3.28. The first-order valence-electron chi connectivity index (χ1n) is 3.78. The molecular formula is C8H6BrClN4. The number of H-pyrrole nitrogens is 1. The maximum absolute atomic E-state index is 5.78. The van der Waals surface area contributed by atoms with Gasteiger partial charge in [0.2, 0.25) is 0 Å². The van der Waals surface area contributed by atoms with Crippen LogP contribution in [0, 0.1) is 0 Å². The molecule has 0 aliphatic rings. The zero-order chi connectivity index (χ0) is 10.1. The third kappa shape index (κ3) is 1.73. The van der Waals surface area contributed by atoms with Crippen molar-refractivity contribution in [3.05, 3.63) is 28.1 Å². The number of nitrogens with two attached hydrogens (primary N) is 1. The SMILES string of the molecule is Nc1ncc(-c2cc(Cl)ncc2Br)[nH]1. The minimum atomic E-state index is 0.375. The van der Waals surface area contributed by atoms with Gasteiger partial charge in [0, 0.05) is 16.2 Å². The Morgan fingerprint density at radius 2 is 2.14 bits per heavy atom. The highest BCUT2D eigenvalue weighted by atomic mass is 79.9. The fourth-order valence-electron chi connectivity index (χ4n) is 1.09. The Labute approximate surface area is 93.6 Å². The van der Waals surface area contributed by atoms with Gasteiger partial charge in [-0.05, 0) is 22.0 Å². The number of hydrogen-bond acceptors (Lipinski definition) is 3. The second kappa shape index (κ2) is 3.59. The number of hydrogen-bond donors (Lipinski definition) is 2. The summed E-state index contributed by atoms with van der Waals surface area (Å²) in [5.41, 5.74) is 7.16. The molecule has 0 fully saturated rings. The molecule has 4 nitrogen and oxygen atoms in total. The molecule has 0 saturated carbocycles. The van der Waals surface area contributed by atoms with E-state index in [0.717, 1.165) is 15.7 Å². The Balaban J connectivity index is 2.55. The van der Waals surface area contributed by atoms with Crippen LogP contribution in [0.15, 0.2) is 22.9 Å². The van der Waals surface area contributed by atoms with E-state index < -0.39 is 0 Å². The van der Waals surface area contributed by atoms with Crippen LogP contribution in [0.2, 0.25) is 5.15 Å². The van der Waals surface area contributed by atoms with E-state index >= 15 is 0 Å². The molecule has 72 valence electrons. The minimum Gasteiger partial charge on any atom is -0.369 e. The van der Waals surface area contributed by atoms with Crippen LogP contribution >= 0.6 is 27.5 Å². The first-order chi connectivity index (χ1) is 6.66. The number of imidazole rings is 1. The molecule has 0 radical (unpaired) electrons. The van der Waals surface area contributed by atoms with Gasteiger partial charge in [-0.2, -0.15) is 0 Å². The molecule has 0 bridgehead atoms. The summed E-state index contributed by atoms with van der Waals surface area (Å²) in [4.78, 5) is 10.7. The summed E-state index contributed by atoms with van der Waals surface area (Å²) in [5.74, 6) is 0.375. The Morgan fingerprint density at radius 3 is 2.79 bits per heavy atom. The van der Waals surface area contributed by atoms with E-state index in [1.54, 1.807) is 18.5 Å². The van der Waals surface area contributed by atoms with E-state index in [-0.39, 0.29) is 0 Å². The third-order valence-electron chi connectivity index (χ3n) is 1.71. The van der Waals surface area contributed by atoms with Crippen molar-refractivity contribution in [3.8, 4) is 11.3 Å². The minimum absolute atomic E-state index is 0.375. The van der Waals surface area contributed by atoms with Gasteiger partial charge in [-0.3, -0.25) is 0 Å². The van der Waals surface area contributed by atoms with Crippen molar-refractivity contribution in [3.63, 3.8) is 0 Å². The van der Waals surface area contributed by atoms with E-state index in [0.29, 0.717) is 11.1 Å². The fourth-order valence-corrected chi connectivity index (χ4v) is 1.68. The molecule has 2 aromatic heterocycles. The lowest BCUT2D eigenvalue weighted by atomic mass is 10.2. The van der Waals surface area contributed by atoms with Crippen molar-refractivity contribution in [2.24, 2.45) is 0 Å². The van der Waals surface area contributed by atoms with Crippen molar-refractivity contribution in [1.82, 2.24) is 15.0 Å². The van der Waals surface area contributed by atoms with Crippen molar-refractivity contribution in [2.45, 2.75) is 0 Å². The average molecular weight is 274 g/mol. The fraction of sp³-hybridized carbons (Fsp3) is 0. The van der Waals surface area contributed by atoms with E-state index in [1.165, 1.54) is 0 Å². The predicted octanol–water partition coefficient (Wildman–Crippen LogP) is 2.47. The second-order valence-electron chi connectivity index (χ2n) is 2.67. The first kappa shape index (κ1) is 9.48. The van der Waals surface area contributed by atoms with Crippen LogP contribution in [-0.4, -0.2) is 15.0 Å². The molecule has 3 N–H and O–H groups in total. The van der Waals surface area contributed by atoms with E-state index in [4.69, 9.17) is 17.3 Å². The molecule has 0 aliphatic heterocycles. The quantitative estimate of drug-likeness (QED) is 0.784. The topological polar surface area (TPSA) is 67.6 Å². The molecule has 0 atom stereocenters. The molecule has 2 aromatic rings. The van der Waals surface area contributed by atoms with Crippen molar-refractivity contribution < 1.29 is 0 Å². The molecule has 2 rings (SSSR count). The van der Waals surface area contributed by atoms with E-state index in [2.05, 4.69) is 30.9 Å². The zero-order valence-corrected chi connectivity index (χ0v) is 9.30. The smallest absolute Gasteiger partial charge is 0.197 e. The molecule has 0 amide bonds. The summed E-state index contributed by atoms with van der Waals surface area (Å²) in [7, 11) is 0. The van der Waals surface area contributed by atoms with Gasteiger partial charge in [-0.25, -0.2) is 9.97 Å². The van der Waals surface area contributed by atoms with Crippen LogP contribution < -0.4 is 5.73 Å². The molecule has 0 saturated heterocycles. The van der Waals surface area contributed by atoms with Crippen LogP contribution in [0.4, 0.5) is 5.95 Å². The highest BCUT2D eigenvalue weighted by Crippen LogP contribution is 2.28. The predicted molar refractivity (Wildman–Crippen MR) is 58.9 cm³/mol. The van der Waals surface area contributed by atoms with E-state index in [1.807, 2.05) is 0 Å². The maximum atomic E-state index is 5.78. The van der Waals surface area contributed by atoms with Crippen LogP contribution in [0.25, 0.3) is 11.3 Å². The number of pyridine rings is 1. The Morgan fingerprint density at radius 1 is 1.36 bits per heavy atom. The normalized spacial score (nSPS) is 10.4. The third-order valence-corrected chi connectivity index (χ3v) is 2.55. The Kier molecular flexibility index (Phi) is 2.43. The van der Waals surface area contributed by atoms with Gasteiger partial charge in [0.05, 0.1) is 11.9 Å². The summed E-state index contributed by atoms with van der Waals surface area (Å²) in [6, 6.07) is 1.73. The lowest BCUT2D eigenvalue weighted by Crippen LogP contribution is -1.86. The molecule has 0 spiro atoms. The van der Waals surface area contributed by atoms with Crippen molar-refractivity contribution >= 4 is 33.5 Å². The number of nitrogens with one attached hydrogen (secondary N) is 1. The van der Waals surface area contributed by atoms with Gasteiger partial charge < -0.3 is 10.7 Å². The molecule has 2 heterocycles.